The Morgan fingerprint density at radius 3 is 2.50 bits per heavy atom. The molecule has 0 spiro atoms. The minimum atomic E-state index is -0.396. The first-order chi connectivity index (χ1) is 14.6. The standard InChI is InChI=1S/C23H32N4O3/c1-2-16-10-12-17(13-11-16)25-20(28)15-26-21-19(9-6-14-24-21)22(29)27(23(26)30)18-7-4-3-5-8-18/h10-13,18-19,21,24H,2-9,14-15H2,1H3,(H,25,28). The lowest BCUT2D eigenvalue weighted by Gasteiger charge is -2.49. The molecule has 4 amide bonds. The molecule has 0 aromatic heterocycles. The highest BCUT2D eigenvalue weighted by molar-refractivity contribution is 6.01. The first-order valence-corrected chi connectivity index (χ1v) is 11.3. The molecule has 3 aliphatic rings. The molecule has 1 aromatic carbocycles. The van der Waals surface area contributed by atoms with Gasteiger partial charge in [-0.05, 0) is 56.3 Å². The van der Waals surface area contributed by atoms with Gasteiger partial charge in [0.25, 0.3) is 0 Å². The van der Waals surface area contributed by atoms with Gasteiger partial charge in [-0.3, -0.25) is 24.7 Å². The van der Waals surface area contributed by atoms with Crippen LogP contribution in [-0.2, 0) is 16.0 Å². The number of rotatable bonds is 5. The normalized spacial score (nSPS) is 25.2. The van der Waals surface area contributed by atoms with Crippen LogP contribution < -0.4 is 10.6 Å². The summed E-state index contributed by atoms with van der Waals surface area (Å²) in [6.45, 7) is 2.78. The van der Waals surface area contributed by atoms with E-state index in [1.165, 1.54) is 10.5 Å². The van der Waals surface area contributed by atoms with E-state index in [1.807, 2.05) is 24.3 Å². The fourth-order valence-electron chi connectivity index (χ4n) is 5.01. The molecule has 2 saturated heterocycles. The fraction of sp³-hybridized carbons (Fsp3) is 0.609. The van der Waals surface area contributed by atoms with E-state index in [1.54, 1.807) is 4.90 Å². The first kappa shape index (κ1) is 20.8. The topological polar surface area (TPSA) is 81.8 Å². The van der Waals surface area contributed by atoms with Crippen molar-refractivity contribution in [2.75, 3.05) is 18.4 Å². The molecule has 4 rings (SSSR count). The molecular weight excluding hydrogens is 380 g/mol. The average Bonchev–Trinajstić information content (AvgIpc) is 2.78. The minimum absolute atomic E-state index is 0.0335. The predicted molar refractivity (Wildman–Crippen MR) is 115 cm³/mol. The number of amides is 4. The summed E-state index contributed by atoms with van der Waals surface area (Å²) in [5.41, 5.74) is 1.92. The maximum Gasteiger partial charge on any atom is 0.328 e. The summed E-state index contributed by atoms with van der Waals surface area (Å²) in [6.07, 6.45) is 7.18. The highest BCUT2D eigenvalue weighted by Gasteiger charge is 2.49. The number of fused-ring (bicyclic) bond motifs is 1. The van der Waals surface area contributed by atoms with E-state index in [4.69, 9.17) is 0 Å². The van der Waals surface area contributed by atoms with Crippen LogP contribution in [0.15, 0.2) is 24.3 Å². The van der Waals surface area contributed by atoms with Gasteiger partial charge in [-0.2, -0.15) is 0 Å². The minimum Gasteiger partial charge on any atom is -0.325 e. The number of aryl methyl sites for hydroxylation is 1. The molecule has 0 radical (unpaired) electrons. The molecular formula is C23H32N4O3. The second kappa shape index (κ2) is 9.16. The molecule has 3 fully saturated rings. The van der Waals surface area contributed by atoms with Crippen LogP contribution >= 0.6 is 0 Å². The summed E-state index contributed by atoms with van der Waals surface area (Å²) in [4.78, 5) is 42.4. The van der Waals surface area contributed by atoms with Gasteiger partial charge in [0, 0.05) is 11.7 Å². The van der Waals surface area contributed by atoms with E-state index < -0.39 is 6.17 Å². The number of carbonyl (C=O) groups is 3. The summed E-state index contributed by atoms with van der Waals surface area (Å²) < 4.78 is 0. The Kier molecular flexibility index (Phi) is 6.37. The third-order valence-electron chi connectivity index (χ3n) is 6.67. The summed E-state index contributed by atoms with van der Waals surface area (Å²) in [6, 6.07) is 7.39. The first-order valence-electron chi connectivity index (χ1n) is 11.3. The number of benzene rings is 1. The van der Waals surface area contributed by atoms with Gasteiger partial charge in [0.1, 0.15) is 6.54 Å². The van der Waals surface area contributed by atoms with Crippen molar-refractivity contribution in [1.29, 1.82) is 0 Å². The van der Waals surface area contributed by atoms with Crippen molar-refractivity contribution < 1.29 is 14.4 Å². The summed E-state index contributed by atoms with van der Waals surface area (Å²) in [7, 11) is 0. The number of nitrogens with one attached hydrogen (secondary N) is 2. The van der Waals surface area contributed by atoms with Crippen molar-refractivity contribution in [2.45, 2.75) is 70.5 Å². The number of anilines is 1. The van der Waals surface area contributed by atoms with Gasteiger partial charge in [0.2, 0.25) is 11.8 Å². The van der Waals surface area contributed by atoms with Crippen LogP contribution in [0.1, 0.15) is 57.4 Å². The lowest BCUT2D eigenvalue weighted by atomic mass is 9.88. The smallest absolute Gasteiger partial charge is 0.325 e. The lowest BCUT2D eigenvalue weighted by molar-refractivity contribution is -0.145. The Balaban J connectivity index is 1.50. The van der Waals surface area contributed by atoms with Gasteiger partial charge in [-0.15, -0.1) is 0 Å². The van der Waals surface area contributed by atoms with Crippen molar-refractivity contribution in [2.24, 2.45) is 5.92 Å². The van der Waals surface area contributed by atoms with Gasteiger partial charge in [-0.25, -0.2) is 4.79 Å². The Labute approximate surface area is 178 Å². The third kappa shape index (κ3) is 4.21. The van der Waals surface area contributed by atoms with Crippen LogP contribution in [0.4, 0.5) is 10.5 Å². The van der Waals surface area contributed by atoms with E-state index in [9.17, 15) is 14.4 Å². The van der Waals surface area contributed by atoms with Crippen molar-refractivity contribution in [3.05, 3.63) is 29.8 Å². The highest BCUT2D eigenvalue weighted by atomic mass is 16.2. The van der Waals surface area contributed by atoms with Gasteiger partial charge >= 0.3 is 6.03 Å². The molecule has 1 saturated carbocycles. The number of hydrogen-bond donors (Lipinski definition) is 2. The largest absolute Gasteiger partial charge is 0.328 e. The predicted octanol–water partition coefficient (Wildman–Crippen LogP) is 3.11. The van der Waals surface area contributed by atoms with Crippen molar-refractivity contribution in [1.82, 2.24) is 15.1 Å². The number of piperidine rings is 1. The van der Waals surface area contributed by atoms with E-state index in [2.05, 4.69) is 17.6 Å². The molecule has 7 heteroatoms. The zero-order chi connectivity index (χ0) is 21.1. The SMILES string of the molecule is CCc1ccc(NC(=O)CN2C(=O)N(C3CCCCC3)C(=O)C3CCCNC32)cc1. The number of urea groups is 1. The molecule has 0 bridgehead atoms. The molecule has 162 valence electrons. The molecule has 1 aliphatic carbocycles. The lowest BCUT2D eigenvalue weighted by Crippen LogP contribution is -2.69. The van der Waals surface area contributed by atoms with Crippen molar-refractivity contribution >= 4 is 23.5 Å². The van der Waals surface area contributed by atoms with Crippen LogP contribution in [-0.4, -0.2) is 52.9 Å². The van der Waals surface area contributed by atoms with E-state index in [0.29, 0.717) is 0 Å². The van der Waals surface area contributed by atoms with E-state index in [-0.39, 0.29) is 36.3 Å². The maximum atomic E-state index is 13.4. The van der Waals surface area contributed by atoms with E-state index >= 15 is 0 Å². The second-order valence-corrected chi connectivity index (χ2v) is 8.66. The molecule has 1 aromatic rings. The summed E-state index contributed by atoms with van der Waals surface area (Å²) >= 11 is 0. The second-order valence-electron chi connectivity index (χ2n) is 8.66. The quantitative estimate of drug-likeness (QED) is 0.779. The van der Waals surface area contributed by atoms with Crippen molar-refractivity contribution in [3.8, 4) is 0 Å². The fourth-order valence-corrected chi connectivity index (χ4v) is 5.01. The zero-order valence-corrected chi connectivity index (χ0v) is 17.7. The summed E-state index contributed by atoms with van der Waals surface area (Å²) in [5, 5.41) is 6.22. The summed E-state index contributed by atoms with van der Waals surface area (Å²) in [5.74, 6) is -0.567. The van der Waals surface area contributed by atoms with Gasteiger partial charge < -0.3 is 5.32 Å². The van der Waals surface area contributed by atoms with Gasteiger partial charge in [-0.1, -0.05) is 38.3 Å². The number of imide groups is 1. The molecule has 2 N–H and O–H groups in total. The number of hydrogen-bond acceptors (Lipinski definition) is 4. The van der Waals surface area contributed by atoms with Gasteiger partial charge in [0.05, 0.1) is 12.1 Å². The molecule has 2 aliphatic heterocycles. The Morgan fingerprint density at radius 2 is 1.80 bits per heavy atom. The van der Waals surface area contributed by atoms with Crippen LogP contribution in [0, 0.1) is 5.92 Å². The van der Waals surface area contributed by atoms with Crippen LogP contribution in [0.5, 0.6) is 0 Å². The third-order valence-corrected chi connectivity index (χ3v) is 6.67. The zero-order valence-electron chi connectivity index (χ0n) is 17.7. The highest BCUT2D eigenvalue weighted by Crippen LogP contribution is 2.33. The molecule has 2 atom stereocenters. The van der Waals surface area contributed by atoms with Crippen LogP contribution in [0.3, 0.4) is 0 Å². The Hall–Kier alpha value is -2.41. The average molecular weight is 413 g/mol. The monoisotopic (exact) mass is 412 g/mol. The van der Waals surface area contributed by atoms with Gasteiger partial charge in [0.15, 0.2) is 0 Å². The molecule has 30 heavy (non-hydrogen) atoms. The van der Waals surface area contributed by atoms with Crippen molar-refractivity contribution in [3.63, 3.8) is 0 Å². The molecule has 2 heterocycles. The van der Waals surface area contributed by atoms with Crippen LogP contribution in [0.2, 0.25) is 0 Å². The maximum absolute atomic E-state index is 13.4. The number of carbonyl (C=O) groups excluding carboxylic acids is 3. The Morgan fingerprint density at radius 1 is 1.07 bits per heavy atom. The van der Waals surface area contributed by atoms with E-state index in [0.717, 1.165) is 63.6 Å². The Bertz CT molecular complexity index is 788. The number of nitrogens with zero attached hydrogens (tertiary/aromatic N) is 2. The molecule has 2 unspecified atom stereocenters. The molecule has 7 nitrogen and oxygen atoms in total. The van der Waals surface area contributed by atoms with Crippen LogP contribution in [0.25, 0.3) is 0 Å².